The summed E-state index contributed by atoms with van der Waals surface area (Å²) in [6.07, 6.45) is 0. The summed E-state index contributed by atoms with van der Waals surface area (Å²) >= 11 is 6.07. The summed E-state index contributed by atoms with van der Waals surface area (Å²) in [7, 11) is -2.11. The Bertz CT molecular complexity index is 1210. The molecule has 1 fully saturated rings. The number of hydrogen-bond acceptors (Lipinski definition) is 6. The van der Waals surface area contributed by atoms with Crippen molar-refractivity contribution in [2.24, 2.45) is 7.05 Å². The second kappa shape index (κ2) is 8.43. The van der Waals surface area contributed by atoms with Crippen molar-refractivity contribution in [2.75, 3.05) is 44.2 Å². The van der Waals surface area contributed by atoms with Crippen LogP contribution < -0.4 is 15.4 Å². The van der Waals surface area contributed by atoms with Gasteiger partial charge in [-0.1, -0.05) is 17.7 Å². The molecule has 2 heterocycles. The highest BCUT2D eigenvalue weighted by atomic mass is 35.5. The van der Waals surface area contributed by atoms with Crippen molar-refractivity contribution in [1.29, 1.82) is 0 Å². The Kier molecular flexibility index (Phi) is 5.88. The average Bonchev–Trinajstić information content (AvgIpc) is 3.01. The number of rotatable bonds is 6. The maximum absolute atomic E-state index is 12.6. The number of sulfonamides is 1. The van der Waals surface area contributed by atoms with Gasteiger partial charge in [-0.15, -0.1) is 0 Å². The Hall–Kier alpha value is -2.33. The molecule has 0 radical (unpaired) electrons. The second-order valence-electron chi connectivity index (χ2n) is 7.26. The van der Waals surface area contributed by atoms with Crippen LogP contribution in [-0.2, 0) is 17.1 Å². The van der Waals surface area contributed by atoms with Crippen molar-refractivity contribution in [3.63, 3.8) is 0 Å². The largest absolute Gasteiger partial charge is 0.419 e. The molecule has 1 N–H and O–H groups in total. The third kappa shape index (κ3) is 4.39. The molecular weight excluding hydrogens is 428 g/mol. The van der Waals surface area contributed by atoms with E-state index in [1.807, 2.05) is 24.3 Å². The molecule has 0 unspecified atom stereocenters. The van der Waals surface area contributed by atoms with E-state index < -0.39 is 15.8 Å². The van der Waals surface area contributed by atoms with Crippen LogP contribution in [0.3, 0.4) is 0 Å². The predicted molar refractivity (Wildman–Crippen MR) is 117 cm³/mol. The number of hydrogen-bond donors (Lipinski definition) is 1. The summed E-state index contributed by atoms with van der Waals surface area (Å²) in [5, 5.41) is 0.720. The summed E-state index contributed by atoms with van der Waals surface area (Å²) in [4.78, 5) is 16.2. The van der Waals surface area contributed by atoms with Gasteiger partial charge in [0.1, 0.15) is 0 Å². The van der Waals surface area contributed by atoms with Gasteiger partial charge in [-0.3, -0.25) is 9.47 Å². The molecule has 1 aliphatic heterocycles. The lowest BCUT2D eigenvalue weighted by Crippen LogP contribution is -2.48. The number of oxazole rings is 1. The minimum Gasteiger partial charge on any atom is -0.408 e. The SMILES string of the molecule is Cn1c(=O)oc2cc(S(=O)(=O)NCCN3CCN(c4cccc(Cl)c4)CC3)ccc21. The number of aryl methyl sites for hydroxylation is 1. The van der Waals surface area contributed by atoms with Crippen molar-refractivity contribution in [3.05, 3.63) is 58.0 Å². The first-order valence-electron chi connectivity index (χ1n) is 9.66. The lowest BCUT2D eigenvalue weighted by molar-refractivity contribution is 0.262. The van der Waals surface area contributed by atoms with Crippen LogP contribution in [0.5, 0.6) is 0 Å². The molecule has 0 bridgehead atoms. The Morgan fingerprint density at radius 1 is 1.10 bits per heavy atom. The zero-order chi connectivity index (χ0) is 21.3. The number of fused-ring (bicyclic) bond motifs is 1. The van der Waals surface area contributed by atoms with E-state index in [1.165, 1.54) is 16.7 Å². The minimum atomic E-state index is -3.69. The van der Waals surface area contributed by atoms with Gasteiger partial charge in [0.05, 0.1) is 10.4 Å². The van der Waals surface area contributed by atoms with Gasteiger partial charge in [-0.25, -0.2) is 17.9 Å². The molecule has 0 atom stereocenters. The number of anilines is 1. The number of piperazine rings is 1. The first-order chi connectivity index (χ1) is 14.3. The molecule has 0 spiro atoms. The monoisotopic (exact) mass is 450 g/mol. The maximum atomic E-state index is 12.6. The fraction of sp³-hybridized carbons (Fsp3) is 0.350. The molecule has 3 aromatic rings. The highest BCUT2D eigenvalue weighted by Gasteiger charge is 2.20. The number of benzene rings is 2. The standard InChI is InChI=1S/C20H23ClN4O4S/c1-23-18-6-5-17(14-19(18)29-20(23)26)30(27,28)22-7-8-24-9-11-25(12-10-24)16-4-2-3-15(21)13-16/h2-6,13-14,22H,7-12H2,1H3. The molecule has 1 aliphatic rings. The number of halogens is 1. The first-order valence-corrected chi connectivity index (χ1v) is 11.5. The van der Waals surface area contributed by atoms with E-state index in [-0.39, 0.29) is 10.5 Å². The topological polar surface area (TPSA) is 87.8 Å². The van der Waals surface area contributed by atoms with Gasteiger partial charge in [-0.2, -0.15) is 0 Å². The fourth-order valence-corrected chi connectivity index (χ4v) is 4.83. The van der Waals surface area contributed by atoms with Gasteiger partial charge in [0.15, 0.2) is 5.58 Å². The summed E-state index contributed by atoms with van der Waals surface area (Å²) in [6.45, 7) is 4.32. The molecule has 1 saturated heterocycles. The van der Waals surface area contributed by atoms with E-state index in [9.17, 15) is 13.2 Å². The third-order valence-electron chi connectivity index (χ3n) is 5.34. The zero-order valence-electron chi connectivity index (χ0n) is 16.5. The third-order valence-corrected chi connectivity index (χ3v) is 7.03. The Morgan fingerprint density at radius 2 is 1.87 bits per heavy atom. The van der Waals surface area contributed by atoms with Crippen LogP contribution in [0.15, 0.2) is 56.6 Å². The number of aromatic nitrogens is 1. The Balaban J connectivity index is 1.31. The van der Waals surface area contributed by atoms with Crippen LogP contribution >= 0.6 is 11.6 Å². The molecule has 8 nitrogen and oxygen atoms in total. The smallest absolute Gasteiger partial charge is 0.408 e. The van der Waals surface area contributed by atoms with Crippen LogP contribution in [0.4, 0.5) is 5.69 Å². The lowest BCUT2D eigenvalue weighted by atomic mass is 10.2. The molecule has 10 heteroatoms. The summed E-state index contributed by atoms with van der Waals surface area (Å²) < 4.78 is 34.3. The highest BCUT2D eigenvalue weighted by Crippen LogP contribution is 2.21. The Morgan fingerprint density at radius 3 is 2.60 bits per heavy atom. The quantitative estimate of drug-likeness (QED) is 0.617. The van der Waals surface area contributed by atoms with E-state index >= 15 is 0 Å². The van der Waals surface area contributed by atoms with Crippen molar-refractivity contribution in [2.45, 2.75) is 4.90 Å². The molecule has 0 amide bonds. The first kappa shape index (κ1) is 20.9. The van der Waals surface area contributed by atoms with Crippen LogP contribution in [-0.4, -0.2) is 57.2 Å². The number of nitrogens with zero attached hydrogens (tertiary/aromatic N) is 3. The van der Waals surface area contributed by atoms with Gasteiger partial charge in [0.2, 0.25) is 10.0 Å². The van der Waals surface area contributed by atoms with Crippen LogP contribution in [0.2, 0.25) is 5.02 Å². The van der Waals surface area contributed by atoms with E-state index in [2.05, 4.69) is 14.5 Å². The van der Waals surface area contributed by atoms with Crippen molar-refractivity contribution in [1.82, 2.24) is 14.2 Å². The van der Waals surface area contributed by atoms with Crippen molar-refractivity contribution >= 4 is 38.4 Å². The molecule has 0 saturated carbocycles. The predicted octanol–water partition coefficient (Wildman–Crippen LogP) is 1.89. The van der Waals surface area contributed by atoms with E-state index in [4.69, 9.17) is 16.0 Å². The molecule has 1 aromatic heterocycles. The summed E-state index contributed by atoms with van der Waals surface area (Å²) in [5.74, 6) is -0.524. The molecule has 4 rings (SSSR count). The van der Waals surface area contributed by atoms with Crippen molar-refractivity contribution in [3.8, 4) is 0 Å². The van der Waals surface area contributed by atoms with Gasteiger partial charge < -0.3 is 9.32 Å². The van der Waals surface area contributed by atoms with Gasteiger partial charge in [0.25, 0.3) is 0 Å². The molecule has 2 aromatic carbocycles. The Labute approximate surface area is 179 Å². The van der Waals surface area contributed by atoms with Gasteiger partial charge in [-0.05, 0) is 30.3 Å². The highest BCUT2D eigenvalue weighted by molar-refractivity contribution is 7.89. The zero-order valence-corrected chi connectivity index (χ0v) is 18.1. The lowest BCUT2D eigenvalue weighted by Gasteiger charge is -2.36. The van der Waals surface area contributed by atoms with E-state index in [1.54, 1.807) is 13.1 Å². The number of nitrogens with one attached hydrogen (secondary N) is 1. The van der Waals surface area contributed by atoms with Gasteiger partial charge >= 0.3 is 5.76 Å². The normalized spacial score (nSPS) is 15.7. The molecular formula is C20H23ClN4O4S. The van der Waals surface area contributed by atoms with E-state index in [0.29, 0.717) is 18.6 Å². The fourth-order valence-electron chi connectivity index (χ4n) is 3.61. The summed E-state index contributed by atoms with van der Waals surface area (Å²) in [6, 6.07) is 12.2. The molecule has 160 valence electrons. The average molecular weight is 451 g/mol. The molecule has 0 aliphatic carbocycles. The van der Waals surface area contributed by atoms with Crippen LogP contribution in [0.25, 0.3) is 11.1 Å². The van der Waals surface area contributed by atoms with E-state index in [0.717, 1.165) is 36.9 Å². The van der Waals surface area contributed by atoms with Crippen LogP contribution in [0.1, 0.15) is 0 Å². The van der Waals surface area contributed by atoms with Gasteiger partial charge in [0, 0.05) is 63.1 Å². The minimum absolute atomic E-state index is 0.0788. The van der Waals surface area contributed by atoms with Crippen LogP contribution in [0, 0.1) is 0 Å². The maximum Gasteiger partial charge on any atom is 0.419 e. The molecule has 30 heavy (non-hydrogen) atoms. The second-order valence-corrected chi connectivity index (χ2v) is 9.47. The van der Waals surface area contributed by atoms with Crippen molar-refractivity contribution < 1.29 is 12.8 Å². The summed E-state index contributed by atoms with van der Waals surface area (Å²) in [5.41, 5.74) is 1.91.